The number of hydrogen-bond donors (Lipinski definition) is 0. The van der Waals surface area contributed by atoms with Crippen LogP contribution in [0.1, 0.15) is 84.5 Å². The molecule has 0 atom stereocenters. The molecule has 9 rings (SSSR count). The highest BCUT2D eigenvalue weighted by Crippen LogP contribution is 2.43. The summed E-state index contributed by atoms with van der Waals surface area (Å²) in [5, 5.41) is 16.3. The van der Waals surface area contributed by atoms with Gasteiger partial charge in [0.25, 0.3) is 0 Å². The van der Waals surface area contributed by atoms with Crippen LogP contribution in [-0.4, -0.2) is 92.3 Å². The Labute approximate surface area is 385 Å². The molecule has 4 aromatic heterocycles. The summed E-state index contributed by atoms with van der Waals surface area (Å²) in [5.41, 5.74) is 2.01. The van der Waals surface area contributed by atoms with Crippen LogP contribution < -0.4 is 5.46 Å². The molecule has 64 heavy (non-hydrogen) atoms. The van der Waals surface area contributed by atoms with Crippen molar-refractivity contribution < 1.29 is 42.5 Å². The first kappa shape index (κ1) is 47.4. The van der Waals surface area contributed by atoms with Gasteiger partial charge in [0, 0.05) is 40.4 Å². The van der Waals surface area contributed by atoms with Crippen LogP contribution in [-0.2, 0) is 27.9 Å². The van der Waals surface area contributed by atoms with E-state index in [1.807, 2.05) is 156 Å². The molecule has 0 spiro atoms. The summed E-state index contributed by atoms with van der Waals surface area (Å²) in [6.45, 7) is 24.4. The van der Waals surface area contributed by atoms with Crippen LogP contribution in [0.15, 0.2) is 111 Å². The van der Waals surface area contributed by atoms with Gasteiger partial charge in [0.1, 0.15) is 0 Å². The normalized spacial score (nSPS) is 19.7. The van der Waals surface area contributed by atoms with E-state index < -0.39 is 28.3 Å². The van der Waals surface area contributed by atoms with Crippen LogP contribution in [0, 0.1) is 0 Å². The Bertz CT molecular complexity index is 2420. The van der Waals surface area contributed by atoms with Gasteiger partial charge in [0.15, 0.2) is 0 Å². The van der Waals surface area contributed by atoms with Crippen LogP contribution in [0.2, 0.25) is 0 Å². The standard InChI is InChI=1S/C19H20BN3O3.C13H8BrN3O.C12H24B2O4.CH3F/c1-18(2)19(3,4)26-20(25-18)15-9-5-7-13(11-15)16-22-23-17(24-16)14-8-6-10-21-12-14;14-11-5-1-3-9(7-11)12-16-17-13(18-12)10-4-2-6-15-8-10;1-9(2)10(3,4)16-13(15-9)14-17-11(5,6)12(7,8)18-14;1-2/h5-12H,1-4H3;1-8H;1-8H3;1H3/i;;;1D. The minimum atomic E-state index is -1.00. The number of aromatic nitrogens is 6. The van der Waals surface area contributed by atoms with Crippen LogP contribution in [0.5, 0.6) is 0 Å². The first-order valence-electron chi connectivity index (χ1n) is 21.4. The van der Waals surface area contributed by atoms with Crippen LogP contribution in [0.25, 0.3) is 45.8 Å². The smallest absolute Gasteiger partial charge is 0.416 e. The molecule has 0 bridgehead atoms. The highest BCUT2D eigenvalue weighted by atomic mass is 79.9. The number of nitrogens with zero attached hydrogens (tertiary/aromatic N) is 6. The molecular weight excluding hydrogens is 884 g/mol. The van der Waals surface area contributed by atoms with E-state index in [4.69, 9.17) is 38.1 Å². The summed E-state index contributed by atoms with van der Waals surface area (Å²) in [6, 6.07) is 22.9. The second kappa shape index (κ2) is 19.1. The second-order valence-corrected chi connectivity index (χ2v) is 19.2. The highest BCUT2D eigenvalue weighted by molar-refractivity contribution is 9.10. The Hall–Kier alpha value is -4.62. The Morgan fingerprint density at radius 3 is 1.20 bits per heavy atom. The molecule has 3 saturated heterocycles. The van der Waals surface area contributed by atoms with E-state index in [9.17, 15) is 4.39 Å². The zero-order valence-electron chi connectivity index (χ0n) is 39.4. The zero-order valence-corrected chi connectivity index (χ0v) is 40.0. The maximum absolute atomic E-state index is 9.96. The number of pyridine rings is 2. The van der Waals surface area contributed by atoms with E-state index in [0.29, 0.717) is 23.6 Å². The molecule has 0 N–H and O–H groups in total. The molecular formula is C45H55B3BrFN6O8. The summed E-state index contributed by atoms with van der Waals surface area (Å²) in [7, 11) is -2.38. The number of hydrogen-bond acceptors (Lipinski definition) is 14. The average molecular weight is 940 g/mol. The van der Waals surface area contributed by atoms with Gasteiger partial charge in [-0.25, -0.2) is 0 Å². The predicted octanol–water partition coefficient (Wildman–Crippen LogP) is 9.49. The second-order valence-electron chi connectivity index (χ2n) is 18.3. The number of benzene rings is 2. The molecule has 0 radical (unpaired) electrons. The van der Waals surface area contributed by atoms with Crippen molar-refractivity contribution in [3.05, 3.63) is 102 Å². The monoisotopic (exact) mass is 939 g/mol. The molecule has 3 aliphatic rings. The maximum atomic E-state index is 9.96. The molecule has 3 fully saturated rings. The quantitative estimate of drug-likeness (QED) is 0.145. The summed E-state index contributed by atoms with van der Waals surface area (Å²) in [5.74, 6) is 1.85. The topological polar surface area (TPSA) is 159 Å². The van der Waals surface area contributed by atoms with Gasteiger partial charge in [-0.2, -0.15) is 0 Å². The molecule has 0 unspecified atom stereocenters. The van der Waals surface area contributed by atoms with Crippen molar-refractivity contribution in [2.24, 2.45) is 0 Å². The Morgan fingerprint density at radius 1 is 0.484 bits per heavy atom. The predicted molar refractivity (Wildman–Crippen MR) is 249 cm³/mol. The van der Waals surface area contributed by atoms with Crippen molar-refractivity contribution in [3.63, 3.8) is 0 Å². The minimum Gasteiger partial charge on any atom is -0.416 e. The molecule has 6 aromatic rings. The Kier molecular flexibility index (Phi) is 14.1. The Morgan fingerprint density at radius 2 is 0.828 bits per heavy atom. The van der Waals surface area contributed by atoms with E-state index >= 15 is 0 Å². The van der Waals surface area contributed by atoms with Crippen molar-refractivity contribution in [1.82, 2.24) is 30.4 Å². The fraction of sp³-hybridized carbons (Fsp3) is 0.422. The average Bonchev–Trinajstić information content (AvgIpc) is 4.06. The van der Waals surface area contributed by atoms with E-state index in [-0.39, 0.29) is 33.6 Å². The van der Waals surface area contributed by atoms with Crippen molar-refractivity contribution in [3.8, 4) is 45.8 Å². The molecule has 0 amide bonds. The molecule has 19 heteroatoms. The summed E-state index contributed by atoms with van der Waals surface area (Å²) >= 11 is 3.41. The van der Waals surface area contributed by atoms with Gasteiger partial charge in [-0.15, -0.1) is 20.4 Å². The van der Waals surface area contributed by atoms with Gasteiger partial charge < -0.3 is 36.8 Å². The van der Waals surface area contributed by atoms with Crippen molar-refractivity contribution in [2.75, 3.05) is 7.15 Å². The van der Waals surface area contributed by atoms with E-state index in [1.54, 1.807) is 24.8 Å². The van der Waals surface area contributed by atoms with Crippen molar-refractivity contribution >= 4 is 42.5 Å². The van der Waals surface area contributed by atoms with E-state index in [0.717, 1.165) is 32.2 Å². The lowest BCUT2D eigenvalue weighted by molar-refractivity contribution is 0.00578. The third-order valence-electron chi connectivity index (χ3n) is 12.2. The number of rotatable bonds is 6. The summed E-state index contributed by atoms with van der Waals surface area (Å²) < 4.78 is 64.0. The van der Waals surface area contributed by atoms with Gasteiger partial charge in [-0.05, 0) is 143 Å². The first-order chi connectivity index (χ1) is 30.5. The summed E-state index contributed by atoms with van der Waals surface area (Å²) in [4.78, 5) is 8.10. The molecule has 2 aromatic carbocycles. The molecule has 0 aliphatic carbocycles. The lowest BCUT2D eigenvalue weighted by Crippen LogP contribution is -2.41. The fourth-order valence-electron chi connectivity index (χ4n) is 6.31. The molecule has 7 heterocycles. The first-order valence-corrected chi connectivity index (χ1v) is 21.5. The molecule has 0 saturated carbocycles. The van der Waals surface area contributed by atoms with E-state index in [1.165, 1.54) is 0 Å². The number of alkyl halides is 1. The van der Waals surface area contributed by atoms with Crippen molar-refractivity contribution in [1.29, 1.82) is 0 Å². The van der Waals surface area contributed by atoms with Gasteiger partial charge in [-0.3, -0.25) is 14.4 Å². The number of halogens is 2. The van der Waals surface area contributed by atoms with Crippen LogP contribution in [0.3, 0.4) is 0 Å². The largest absolute Gasteiger partial charge is 0.494 e. The van der Waals surface area contributed by atoms with E-state index in [2.05, 4.69) is 46.3 Å². The van der Waals surface area contributed by atoms with Crippen LogP contribution in [0.4, 0.5) is 4.39 Å². The fourth-order valence-corrected chi connectivity index (χ4v) is 6.71. The van der Waals surface area contributed by atoms with Gasteiger partial charge in [-0.1, -0.05) is 34.1 Å². The molecule has 3 aliphatic heterocycles. The Balaban J connectivity index is 0.000000161. The van der Waals surface area contributed by atoms with Crippen molar-refractivity contribution in [2.45, 2.75) is 117 Å². The van der Waals surface area contributed by atoms with Gasteiger partial charge in [0.2, 0.25) is 23.6 Å². The maximum Gasteiger partial charge on any atom is 0.494 e. The SMILES string of the molecule is Brc1cccc(-c2nnc(-c3cccnc3)o2)c1.CC1(C)OB(B2OC(C)(C)C(C)(C)O2)OC1(C)C.CC1(C)OB(c2cccc(-c3nnc(-c4cccnc4)o3)c2)OC1(C)C.[2H]CF. The van der Waals surface area contributed by atoms with Gasteiger partial charge >= 0.3 is 21.1 Å². The van der Waals surface area contributed by atoms with Gasteiger partial charge in [0.05, 0.1) is 53.3 Å². The summed E-state index contributed by atoms with van der Waals surface area (Å²) in [6.07, 6.45) is 6.79. The minimum absolute atomic E-state index is 0.360. The zero-order chi connectivity index (χ0) is 47.4. The molecule has 336 valence electrons. The lowest BCUT2D eigenvalue weighted by Gasteiger charge is -2.32. The third kappa shape index (κ3) is 10.7. The molecule has 14 nitrogen and oxygen atoms in total. The highest BCUT2D eigenvalue weighted by Gasteiger charge is 2.63. The third-order valence-corrected chi connectivity index (χ3v) is 12.7. The van der Waals surface area contributed by atoms with Crippen LogP contribution >= 0.6 is 15.9 Å². The lowest BCUT2D eigenvalue weighted by atomic mass is 9.49.